The average Bonchev–Trinajstić information content (AvgIpc) is 2.33. The quantitative estimate of drug-likeness (QED) is 0.868. The van der Waals surface area contributed by atoms with Gasteiger partial charge < -0.3 is 5.32 Å². The van der Waals surface area contributed by atoms with E-state index in [1.165, 1.54) is 17.8 Å². The van der Waals surface area contributed by atoms with Crippen molar-refractivity contribution in [2.75, 3.05) is 11.9 Å². The van der Waals surface area contributed by atoms with E-state index in [1.54, 1.807) is 13.0 Å². The summed E-state index contributed by atoms with van der Waals surface area (Å²) in [6.45, 7) is 4.52. The third-order valence-corrected chi connectivity index (χ3v) is 3.19. The lowest BCUT2D eigenvalue weighted by Gasteiger charge is -2.06. The molecule has 0 saturated carbocycles. The van der Waals surface area contributed by atoms with Crippen molar-refractivity contribution in [3.8, 4) is 0 Å². The highest BCUT2D eigenvalue weighted by atomic mass is 32.2. The molecule has 19 heavy (non-hydrogen) atoms. The van der Waals surface area contributed by atoms with Gasteiger partial charge in [0, 0.05) is 17.5 Å². The molecule has 0 aliphatic rings. The van der Waals surface area contributed by atoms with Crippen LogP contribution >= 0.6 is 11.8 Å². The second-order valence-corrected chi connectivity index (χ2v) is 4.94. The summed E-state index contributed by atoms with van der Waals surface area (Å²) in [5, 5.41) is 3.79. The monoisotopic (exact) mass is 281 g/mol. The topological polar surface area (TPSA) is 37.8 Å². The van der Waals surface area contributed by atoms with E-state index in [0.717, 1.165) is 24.5 Å². The highest BCUT2D eigenvalue weighted by molar-refractivity contribution is 7.99. The van der Waals surface area contributed by atoms with Gasteiger partial charge in [-0.3, -0.25) is 0 Å². The summed E-state index contributed by atoms with van der Waals surface area (Å²) in [6, 6.07) is 5.57. The summed E-state index contributed by atoms with van der Waals surface area (Å²) in [4.78, 5) is 9.08. The summed E-state index contributed by atoms with van der Waals surface area (Å²) >= 11 is 1.27. The Kier molecular flexibility index (Phi) is 4.31. The molecule has 1 aromatic carbocycles. The first-order valence-corrected chi connectivity index (χ1v) is 6.62. The maximum absolute atomic E-state index is 13.1. The van der Waals surface area contributed by atoms with E-state index in [2.05, 4.69) is 15.3 Å². The Morgan fingerprint density at radius 2 is 1.95 bits per heavy atom. The van der Waals surface area contributed by atoms with Gasteiger partial charge >= 0.3 is 0 Å². The first-order valence-electron chi connectivity index (χ1n) is 5.81. The van der Waals surface area contributed by atoms with Crippen LogP contribution in [-0.2, 0) is 0 Å². The summed E-state index contributed by atoms with van der Waals surface area (Å²) in [5.41, 5.74) is 0. The molecule has 0 fully saturated rings. The van der Waals surface area contributed by atoms with E-state index >= 15 is 0 Å². The number of anilines is 1. The summed E-state index contributed by atoms with van der Waals surface area (Å²) < 4.78 is 26.0. The largest absolute Gasteiger partial charge is 0.370 e. The van der Waals surface area contributed by atoms with Crippen LogP contribution in [0.4, 0.5) is 14.6 Å². The Morgan fingerprint density at radius 1 is 1.16 bits per heavy atom. The highest BCUT2D eigenvalue weighted by Crippen LogP contribution is 2.28. The standard InChI is InChI=1S/C13H13F2N3S/c1-3-16-12-7-13(18-8(2)17-12)19-9-4-5-10(14)11(15)6-9/h4-7H,3H2,1-2H3,(H,16,17,18). The zero-order valence-electron chi connectivity index (χ0n) is 10.6. The highest BCUT2D eigenvalue weighted by Gasteiger charge is 2.07. The van der Waals surface area contributed by atoms with E-state index in [9.17, 15) is 8.78 Å². The minimum Gasteiger partial charge on any atom is -0.370 e. The van der Waals surface area contributed by atoms with E-state index < -0.39 is 11.6 Å². The van der Waals surface area contributed by atoms with Gasteiger partial charge in [0.05, 0.1) is 0 Å². The fraction of sp³-hybridized carbons (Fsp3) is 0.231. The van der Waals surface area contributed by atoms with Crippen LogP contribution < -0.4 is 5.32 Å². The lowest BCUT2D eigenvalue weighted by atomic mass is 10.3. The lowest BCUT2D eigenvalue weighted by Crippen LogP contribution is -2.02. The predicted octanol–water partition coefficient (Wildman–Crippen LogP) is 3.65. The Hall–Kier alpha value is -1.69. The smallest absolute Gasteiger partial charge is 0.159 e. The van der Waals surface area contributed by atoms with Crippen molar-refractivity contribution < 1.29 is 8.78 Å². The predicted molar refractivity (Wildman–Crippen MR) is 71.4 cm³/mol. The molecule has 1 aromatic heterocycles. The van der Waals surface area contributed by atoms with E-state index in [-0.39, 0.29) is 0 Å². The number of nitrogens with one attached hydrogen (secondary N) is 1. The molecule has 0 radical (unpaired) electrons. The van der Waals surface area contributed by atoms with Crippen LogP contribution in [0.1, 0.15) is 12.7 Å². The van der Waals surface area contributed by atoms with Crippen molar-refractivity contribution in [1.82, 2.24) is 9.97 Å². The van der Waals surface area contributed by atoms with Gasteiger partial charge in [-0.25, -0.2) is 18.7 Å². The van der Waals surface area contributed by atoms with E-state index in [1.807, 2.05) is 6.92 Å². The van der Waals surface area contributed by atoms with Gasteiger partial charge in [0.15, 0.2) is 11.6 Å². The zero-order valence-corrected chi connectivity index (χ0v) is 11.4. The zero-order chi connectivity index (χ0) is 13.8. The Balaban J connectivity index is 2.24. The fourth-order valence-electron chi connectivity index (χ4n) is 1.53. The Morgan fingerprint density at radius 3 is 2.63 bits per heavy atom. The third kappa shape index (κ3) is 3.64. The number of rotatable bonds is 4. The second-order valence-electron chi connectivity index (χ2n) is 3.85. The normalized spacial score (nSPS) is 10.5. The van der Waals surface area contributed by atoms with Gasteiger partial charge in [-0.1, -0.05) is 11.8 Å². The molecule has 3 nitrogen and oxygen atoms in total. The Bertz CT molecular complexity index is 590. The number of aromatic nitrogens is 2. The van der Waals surface area contributed by atoms with Crippen LogP contribution in [0.15, 0.2) is 34.2 Å². The van der Waals surface area contributed by atoms with Gasteiger partial charge in [0.1, 0.15) is 16.7 Å². The van der Waals surface area contributed by atoms with Gasteiger partial charge in [0.25, 0.3) is 0 Å². The molecule has 0 spiro atoms. The average molecular weight is 281 g/mol. The molecule has 0 bridgehead atoms. The van der Waals surface area contributed by atoms with Crippen molar-refractivity contribution in [1.29, 1.82) is 0 Å². The molecule has 0 aliphatic carbocycles. The maximum Gasteiger partial charge on any atom is 0.159 e. The van der Waals surface area contributed by atoms with E-state index in [4.69, 9.17) is 0 Å². The molecule has 0 saturated heterocycles. The minimum absolute atomic E-state index is 0.597. The number of benzene rings is 1. The molecule has 0 aliphatic heterocycles. The number of nitrogens with zero attached hydrogens (tertiary/aromatic N) is 2. The summed E-state index contributed by atoms with van der Waals surface area (Å²) in [5.74, 6) is -0.358. The number of aryl methyl sites for hydroxylation is 1. The van der Waals surface area contributed by atoms with Crippen LogP contribution in [-0.4, -0.2) is 16.5 Å². The van der Waals surface area contributed by atoms with Crippen LogP contribution in [0.2, 0.25) is 0 Å². The van der Waals surface area contributed by atoms with Crippen LogP contribution in [0.25, 0.3) is 0 Å². The molecule has 0 unspecified atom stereocenters. The second kappa shape index (κ2) is 5.97. The van der Waals surface area contributed by atoms with Crippen molar-refractivity contribution in [2.45, 2.75) is 23.8 Å². The molecule has 1 N–H and O–H groups in total. The molecular formula is C13H13F2N3S. The summed E-state index contributed by atoms with van der Waals surface area (Å²) in [6.07, 6.45) is 0. The van der Waals surface area contributed by atoms with Crippen molar-refractivity contribution in [2.24, 2.45) is 0 Å². The van der Waals surface area contributed by atoms with E-state index in [0.29, 0.717) is 15.7 Å². The molecular weight excluding hydrogens is 268 g/mol. The van der Waals surface area contributed by atoms with Gasteiger partial charge in [-0.15, -0.1) is 0 Å². The maximum atomic E-state index is 13.1. The van der Waals surface area contributed by atoms with Crippen molar-refractivity contribution in [3.05, 3.63) is 41.7 Å². The number of hydrogen-bond acceptors (Lipinski definition) is 4. The molecule has 1 heterocycles. The molecule has 6 heteroatoms. The first-order chi connectivity index (χ1) is 9.08. The lowest BCUT2D eigenvalue weighted by molar-refractivity contribution is 0.506. The Labute approximate surface area is 114 Å². The summed E-state index contributed by atoms with van der Waals surface area (Å²) in [7, 11) is 0. The third-order valence-electron chi connectivity index (χ3n) is 2.29. The van der Waals surface area contributed by atoms with Crippen LogP contribution in [0.5, 0.6) is 0 Å². The number of halogens is 2. The molecule has 0 amide bonds. The van der Waals surface area contributed by atoms with Gasteiger partial charge in [-0.2, -0.15) is 0 Å². The van der Waals surface area contributed by atoms with Crippen LogP contribution in [0.3, 0.4) is 0 Å². The first kappa shape index (κ1) is 13.7. The molecule has 100 valence electrons. The molecule has 2 rings (SSSR count). The van der Waals surface area contributed by atoms with Gasteiger partial charge in [-0.05, 0) is 32.0 Å². The minimum atomic E-state index is -0.859. The van der Waals surface area contributed by atoms with Crippen LogP contribution in [0, 0.1) is 18.6 Å². The molecule has 2 aromatic rings. The fourth-order valence-corrected chi connectivity index (χ4v) is 2.41. The molecule has 0 atom stereocenters. The van der Waals surface area contributed by atoms with Gasteiger partial charge in [0.2, 0.25) is 0 Å². The number of hydrogen-bond donors (Lipinski definition) is 1. The van der Waals surface area contributed by atoms with Crippen molar-refractivity contribution in [3.63, 3.8) is 0 Å². The van der Waals surface area contributed by atoms with Crippen molar-refractivity contribution >= 4 is 17.6 Å². The SMILES string of the molecule is CCNc1cc(Sc2ccc(F)c(F)c2)nc(C)n1.